The lowest BCUT2D eigenvalue weighted by Crippen LogP contribution is -2.54. The van der Waals surface area contributed by atoms with Crippen LogP contribution in [0, 0.1) is 52.3 Å². The molecule has 4 rings (SSSR count). The first-order chi connectivity index (χ1) is 23.6. The maximum atomic E-state index is 12.9. The summed E-state index contributed by atoms with van der Waals surface area (Å²) in [4.78, 5) is 12.9. The summed E-state index contributed by atoms with van der Waals surface area (Å²) in [5, 5.41) is 0. The topological polar surface area (TPSA) is 26.3 Å². The molecule has 0 radical (unpaired) electrons. The van der Waals surface area contributed by atoms with Crippen LogP contribution >= 0.6 is 0 Å². The van der Waals surface area contributed by atoms with Crippen LogP contribution in [0.25, 0.3) is 0 Å². The predicted octanol–water partition coefficient (Wildman–Crippen LogP) is 14.4. The molecule has 4 aliphatic carbocycles. The van der Waals surface area contributed by atoms with Crippen LogP contribution in [0.15, 0.2) is 36.0 Å². The first-order valence-corrected chi connectivity index (χ1v) is 21.8. The lowest BCUT2D eigenvalue weighted by molar-refractivity contribution is -0.162. The lowest BCUT2D eigenvalue weighted by atomic mass is 9.44. The molecule has 4 fully saturated rings. The average molecular weight is 677 g/mol. The molecule has 280 valence electrons. The van der Waals surface area contributed by atoms with E-state index in [-0.39, 0.29) is 12.1 Å². The van der Waals surface area contributed by atoms with E-state index in [2.05, 4.69) is 78.8 Å². The van der Waals surface area contributed by atoms with Crippen molar-refractivity contribution in [3.8, 4) is 0 Å². The second-order valence-electron chi connectivity index (χ2n) is 18.3. The quantitative estimate of drug-likeness (QED) is 0.0729. The van der Waals surface area contributed by atoms with E-state index in [1.54, 1.807) is 5.57 Å². The van der Waals surface area contributed by atoms with Crippen molar-refractivity contribution in [3.63, 3.8) is 0 Å². The van der Waals surface area contributed by atoms with Gasteiger partial charge >= 0.3 is 5.97 Å². The third-order valence-electron chi connectivity index (χ3n) is 15.0. The Labute approximate surface area is 305 Å². The zero-order valence-electron chi connectivity index (χ0n) is 33.6. The molecule has 0 aromatic heterocycles. The van der Waals surface area contributed by atoms with Gasteiger partial charge in [0.2, 0.25) is 0 Å². The molecular formula is C47H80O2. The molecule has 2 unspecified atom stereocenters. The van der Waals surface area contributed by atoms with Crippen LogP contribution in [0.2, 0.25) is 0 Å². The number of carbonyl (C=O) groups is 1. The Hall–Kier alpha value is -1.31. The number of ether oxygens (including phenoxy) is 1. The number of carbonyl (C=O) groups excluding carboxylic acids is 1. The molecule has 0 amide bonds. The first-order valence-electron chi connectivity index (χ1n) is 21.8. The van der Waals surface area contributed by atoms with Gasteiger partial charge in [0.1, 0.15) is 6.10 Å². The Morgan fingerprint density at radius 1 is 0.755 bits per heavy atom. The van der Waals surface area contributed by atoms with E-state index < -0.39 is 0 Å². The van der Waals surface area contributed by atoms with Crippen LogP contribution in [0.3, 0.4) is 0 Å². The number of esters is 1. The Morgan fingerprint density at radius 3 is 2.14 bits per heavy atom. The molecule has 4 aliphatic rings. The summed E-state index contributed by atoms with van der Waals surface area (Å²) in [7, 11) is 0. The molecule has 4 saturated carbocycles. The van der Waals surface area contributed by atoms with E-state index in [0.717, 1.165) is 67.6 Å². The Morgan fingerprint density at radius 2 is 1.43 bits per heavy atom. The number of unbranched alkanes of at least 4 members (excludes halogenated alkanes) is 8. The summed E-state index contributed by atoms with van der Waals surface area (Å²) < 4.78 is 6.17. The summed E-state index contributed by atoms with van der Waals surface area (Å²) in [6.07, 6.45) is 40.6. The molecule has 0 aromatic carbocycles. The molecule has 2 nitrogen and oxygen atoms in total. The third kappa shape index (κ3) is 10.9. The smallest absolute Gasteiger partial charge is 0.306 e. The minimum absolute atomic E-state index is 0.0717. The fraction of sp³-hybridized carbons (Fsp3) is 0.851. The number of fused-ring (bicyclic) bond motifs is 5. The second kappa shape index (κ2) is 20.1. The molecule has 0 aromatic rings. The van der Waals surface area contributed by atoms with Crippen LogP contribution in [0.5, 0.6) is 0 Å². The first kappa shape index (κ1) is 40.5. The number of hydrogen-bond donors (Lipinski definition) is 0. The van der Waals surface area contributed by atoms with Crippen molar-refractivity contribution in [2.24, 2.45) is 52.3 Å². The zero-order chi connectivity index (χ0) is 35.3. The molecule has 9 atom stereocenters. The molecule has 2 heteroatoms. The minimum Gasteiger partial charge on any atom is -0.462 e. The molecule has 0 saturated heterocycles. The van der Waals surface area contributed by atoms with Gasteiger partial charge in [0.25, 0.3) is 0 Å². The molecule has 49 heavy (non-hydrogen) atoms. The van der Waals surface area contributed by atoms with Crippen LogP contribution < -0.4 is 0 Å². The van der Waals surface area contributed by atoms with Gasteiger partial charge in [0.15, 0.2) is 0 Å². The molecule has 0 bridgehead atoms. The highest BCUT2D eigenvalue weighted by Crippen LogP contribution is 2.68. The van der Waals surface area contributed by atoms with Gasteiger partial charge in [-0.05, 0) is 168 Å². The van der Waals surface area contributed by atoms with E-state index in [1.807, 2.05) is 0 Å². The average Bonchev–Trinajstić information content (AvgIpc) is 3.44. The summed E-state index contributed by atoms with van der Waals surface area (Å²) in [6.45, 7) is 17.2. The van der Waals surface area contributed by atoms with Crippen LogP contribution in [-0.2, 0) is 9.53 Å². The highest BCUT2D eigenvalue weighted by Gasteiger charge is 2.60. The zero-order valence-corrected chi connectivity index (χ0v) is 33.6. The van der Waals surface area contributed by atoms with Crippen molar-refractivity contribution in [2.75, 3.05) is 0 Å². The van der Waals surface area contributed by atoms with Crippen LogP contribution in [-0.4, -0.2) is 12.1 Å². The van der Waals surface area contributed by atoms with Crippen molar-refractivity contribution in [1.82, 2.24) is 0 Å². The Bertz CT molecular complexity index is 1070. The van der Waals surface area contributed by atoms with Crippen LogP contribution in [0.4, 0.5) is 0 Å². The van der Waals surface area contributed by atoms with Gasteiger partial charge in [-0.1, -0.05) is 110 Å². The minimum atomic E-state index is 0.0717. The van der Waals surface area contributed by atoms with Gasteiger partial charge in [0.05, 0.1) is 0 Å². The van der Waals surface area contributed by atoms with Gasteiger partial charge in [-0.25, -0.2) is 0 Å². The predicted molar refractivity (Wildman–Crippen MR) is 211 cm³/mol. The largest absolute Gasteiger partial charge is 0.462 e. The van der Waals surface area contributed by atoms with Crippen molar-refractivity contribution in [2.45, 2.75) is 202 Å². The van der Waals surface area contributed by atoms with Gasteiger partial charge in [0, 0.05) is 6.42 Å². The maximum Gasteiger partial charge on any atom is 0.306 e. The van der Waals surface area contributed by atoms with Gasteiger partial charge in [-0.2, -0.15) is 0 Å². The van der Waals surface area contributed by atoms with E-state index in [9.17, 15) is 4.79 Å². The van der Waals surface area contributed by atoms with E-state index in [0.29, 0.717) is 23.2 Å². The Balaban J connectivity index is 1.13. The highest BCUT2D eigenvalue weighted by molar-refractivity contribution is 5.69. The Kier molecular flexibility index (Phi) is 16.6. The molecule has 0 spiro atoms. The van der Waals surface area contributed by atoms with Crippen molar-refractivity contribution < 1.29 is 9.53 Å². The van der Waals surface area contributed by atoms with E-state index >= 15 is 0 Å². The summed E-state index contributed by atoms with van der Waals surface area (Å²) in [5.74, 6) is 5.99. The number of allylic oxidation sites excluding steroid dienone is 6. The van der Waals surface area contributed by atoms with Gasteiger partial charge in [-0.3, -0.25) is 4.79 Å². The maximum absolute atomic E-state index is 12.9. The standard InChI is InChI=1S/C47H80O2/c1-8-10-11-12-13-14-15-16-17-18-19-20-21-22-23-24-45(48)49-40-31-33-46(6)39(35-40)27-28-41-43-30-29-42(47(43,7)34-32-44(41)46)37(5)25-26-38(9-2)36(3)4/h9,13-14,16-17,36-37,39-44H,8,10-12,15,18-35H2,1-7H3/t37-,39?,40?,41+,42-,43+,44+,46+,47-/m1/s1. The summed E-state index contributed by atoms with van der Waals surface area (Å²) in [6, 6.07) is 0. The van der Waals surface area contributed by atoms with Crippen molar-refractivity contribution in [1.29, 1.82) is 0 Å². The number of hydrogen-bond acceptors (Lipinski definition) is 2. The third-order valence-corrected chi connectivity index (χ3v) is 15.0. The fourth-order valence-corrected chi connectivity index (χ4v) is 12.0. The SMILES string of the molecule is CC=C(CC[C@@H](C)[C@H]1CC[C@H]2[C@@H]3CCC4CC(OC(=O)CCCCCCCC=CCC=CCCCCC)CC[C@]4(C)[C@H]3CC[C@]12C)C(C)C. The molecule has 0 aliphatic heterocycles. The van der Waals surface area contributed by atoms with Gasteiger partial charge < -0.3 is 4.74 Å². The number of rotatable bonds is 20. The second-order valence-corrected chi connectivity index (χ2v) is 18.3. The summed E-state index contributed by atoms with van der Waals surface area (Å²) >= 11 is 0. The molecular weight excluding hydrogens is 597 g/mol. The molecule has 0 heterocycles. The monoisotopic (exact) mass is 677 g/mol. The highest BCUT2D eigenvalue weighted by atomic mass is 16.5. The lowest BCUT2D eigenvalue weighted by Gasteiger charge is -2.61. The van der Waals surface area contributed by atoms with E-state index in [1.165, 1.54) is 109 Å². The van der Waals surface area contributed by atoms with Crippen molar-refractivity contribution >= 4 is 5.97 Å². The normalized spacial score (nSPS) is 33.9. The summed E-state index contributed by atoms with van der Waals surface area (Å²) in [5.41, 5.74) is 2.66. The van der Waals surface area contributed by atoms with Gasteiger partial charge in [-0.15, -0.1) is 0 Å². The van der Waals surface area contributed by atoms with E-state index in [4.69, 9.17) is 4.74 Å². The van der Waals surface area contributed by atoms with Crippen molar-refractivity contribution in [3.05, 3.63) is 36.0 Å². The van der Waals surface area contributed by atoms with Crippen LogP contribution in [0.1, 0.15) is 196 Å². The molecule has 0 N–H and O–H groups in total. The fourth-order valence-electron chi connectivity index (χ4n) is 12.0.